The lowest BCUT2D eigenvalue weighted by atomic mass is 10.1. The topological polar surface area (TPSA) is 46.2 Å². The number of carbonyl (C=O) groups excluding carboxylic acids is 2. The Kier molecular flexibility index (Phi) is 4.61. The van der Waals surface area contributed by atoms with Gasteiger partial charge in [0.1, 0.15) is 5.82 Å². The molecule has 104 valence electrons. The van der Waals surface area contributed by atoms with E-state index in [2.05, 4.69) is 21.2 Å². The van der Waals surface area contributed by atoms with Gasteiger partial charge >= 0.3 is 0 Å². The number of hydrogen-bond acceptors (Lipinski definition) is 3. The minimum atomic E-state index is -1.07. The highest BCUT2D eigenvalue weighted by Crippen LogP contribution is 2.23. The van der Waals surface area contributed by atoms with Crippen molar-refractivity contribution >= 4 is 44.6 Å². The Hall–Kier alpha value is -1.60. The molecule has 0 fully saturated rings. The number of hydrogen-bond donors (Lipinski definition) is 1. The van der Waals surface area contributed by atoms with Crippen molar-refractivity contribution in [3.05, 3.63) is 51.7 Å². The molecular weight excluding hydrogens is 352 g/mol. The summed E-state index contributed by atoms with van der Waals surface area (Å²) in [7, 11) is 0. The summed E-state index contributed by atoms with van der Waals surface area (Å²) in [5.41, 5.74) is -0.889. The van der Waals surface area contributed by atoms with Gasteiger partial charge in [0.25, 0.3) is 5.91 Å². The molecule has 0 bridgehead atoms. The molecule has 0 unspecified atom stereocenters. The highest BCUT2D eigenvalue weighted by atomic mass is 79.9. The van der Waals surface area contributed by atoms with Crippen molar-refractivity contribution in [3.8, 4) is 0 Å². The minimum absolute atomic E-state index is 0.205. The number of halogens is 3. The molecule has 3 nitrogen and oxygen atoms in total. The van der Waals surface area contributed by atoms with Crippen LogP contribution in [-0.2, 0) is 0 Å². The molecule has 0 saturated heterocycles. The number of ketones is 1. The van der Waals surface area contributed by atoms with Crippen molar-refractivity contribution in [1.82, 2.24) is 0 Å². The van der Waals surface area contributed by atoms with Gasteiger partial charge in [-0.2, -0.15) is 0 Å². The Balaban J connectivity index is 2.34. The lowest BCUT2D eigenvalue weighted by Gasteiger charge is -2.09. The number of nitrogens with one attached hydrogen (secondary N) is 1. The first-order chi connectivity index (χ1) is 9.54. The van der Waals surface area contributed by atoms with Gasteiger partial charge in [0.05, 0.1) is 21.5 Å². The van der Waals surface area contributed by atoms with Crippen molar-refractivity contribution in [2.45, 2.75) is 0 Å². The molecule has 0 aliphatic carbocycles. The average Bonchev–Trinajstić information content (AvgIpc) is 2.96. The summed E-state index contributed by atoms with van der Waals surface area (Å²) < 4.78 is 27.6. The van der Waals surface area contributed by atoms with E-state index in [4.69, 9.17) is 0 Å². The Labute approximate surface area is 125 Å². The molecule has 0 aliphatic heterocycles. The third-order valence-electron chi connectivity index (χ3n) is 2.48. The highest BCUT2D eigenvalue weighted by molar-refractivity contribution is 9.09. The van der Waals surface area contributed by atoms with Crippen LogP contribution in [0.25, 0.3) is 0 Å². The van der Waals surface area contributed by atoms with Crippen LogP contribution in [-0.4, -0.2) is 17.0 Å². The number of alkyl halides is 1. The average molecular weight is 360 g/mol. The monoisotopic (exact) mass is 359 g/mol. The second kappa shape index (κ2) is 6.23. The van der Waals surface area contributed by atoms with Crippen molar-refractivity contribution in [1.29, 1.82) is 0 Å². The Morgan fingerprint density at radius 3 is 2.60 bits per heavy atom. The molecule has 7 heteroatoms. The van der Waals surface area contributed by atoms with E-state index < -0.39 is 28.9 Å². The second-order valence-electron chi connectivity index (χ2n) is 3.77. The number of benzene rings is 1. The summed E-state index contributed by atoms with van der Waals surface area (Å²) in [6, 6.07) is 5.29. The predicted octanol–water partition coefficient (Wildman–Crippen LogP) is 3.86. The first kappa shape index (κ1) is 14.8. The van der Waals surface area contributed by atoms with Gasteiger partial charge in [-0.15, -0.1) is 11.3 Å². The van der Waals surface area contributed by atoms with Gasteiger partial charge in [-0.1, -0.05) is 22.0 Å². The third-order valence-corrected chi connectivity index (χ3v) is 3.86. The zero-order valence-electron chi connectivity index (χ0n) is 9.95. The molecule has 0 spiro atoms. The van der Waals surface area contributed by atoms with Crippen molar-refractivity contribution < 1.29 is 18.4 Å². The Morgan fingerprint density at radius 2 is 2.00 bits per heavy atom. The molecule has 0 saturated carbocycles. The maximum atomic E-state index is 14.1. The van der Waals surface area contributed by atoms with Crippen molar-refractivity contribution in [2.24, 2.45) is 0 Å². The molecule has 1 heterocycles. The maximum Gasteiger partial charge on any atom is 0.265 e. The van der Waals surface area contributed by atoms with Crippen LogP contribution in [0.4, 0.5) is 14.5 Å². The van der Waals surface area contributed by atoms with Crippen LogP contribution in [0.15, 0.2) is 29.6 Å². The molecule has 0 radical (unpaired) electrons. The van der Waals surface area contributed by atoms with E-state index in [9.17, 15) is 18.4 Å². The smallest absolute Gasteiger partial charge is 0.265 e. The van der Waals surface area contributed by atoms with E-state index in [1.807, 2.05) is 0 Å². The fraction of sp³-hybridized carbons (Fsp3) is 0.0769. The normalized spacial score (nSPS) is 10.3. The number of anilines is 1. The second-order valence-corrected chi connectivity index (χ2v) is 5.28. The van der Waals surface area contributed by atoms with Crippen LogP contribution < -0.4 is 5.32 Å². The van der Waals surface area contributed by atoms with Gasteiger partial charge in [0.2, 0.25) is 0 Å². The zero-order chi connectivity index (χ0) is 14.7. The SMILES string of the molecule is O=C(Nc1ccc(F)c(C(=O)CBr)c1F)c1cccs1. The standard InChI is InChI=1S/C13H8BrF2NO2S/c14-6-9(18)11-7(15)3-4-8(12(11)16)17-13(19)10-2-1-5-20-10/h1-5H,6H2,(H,17,19). The number of thiophene rings is 1. The molecule has 1 aromatic heterocycles. The summed E-state index contributed by atoms with van der Waals surface area (Å²) >= 11 is 4.05. The Morgan fingerprint density at radius 1 is 1.25 bits per heavy atom. The number of carbonyl (C=O) groups is 2. The fourth-order valence-electron chi connectivity index (χ4n) is 1.56. The van der Waals surface area contributed by atoms with E-state index in [1.54, 1.807) is 17.5 Å². The first-order valence-corrected chi connectivity index (χ1v) is 7.46. The van der Waals surface area contributed by atoms with Gasteiger partial charge in [-0.25, -0.2) is 8.78 Å². The minimum Gasteiger partial charge on any atom is -0.319 e. The quantitative estimate of drug-likeness (QED) is 0.665. The highest BCUT2D eigenvalue weighted by Gasteiger charge is 2.21. The number of Topliss-reactive ketones (excluding diaryl/α,β-unsaturated/α-hetero) is 1. The largest absolute Gasteiger partial charge is 0.319 e. The lowest BCUT2D eigenvalue weighted by Crippen LogP contribution is -2.15. The molecule has 1 amide bonds. The summed E-state index contributed by atoms with van der Waals surface area (Å²) in [5.74, 6) is -3.27. The van der Waals surface area contributed by atoms with Gasteiger partial charge in [-0.3, -0.25) is 9.59 Å². The molecular formula is C13H8BrF2NO2S. The zero-order valence-corrected chi connectivity index (χ0v) is 12.4. The van der Waals surface area contributed by atoms with Crippen molar-refractivity contribution in [3.63, 3.8) is 0 Å². The van der Waals surface area contributed by atoms with E-state index in [-0.39, 0.29) is 11.0 Å². The van der Waals surface area contributed by atoms with Crippen LogP contribution >= 0.6 is 27.3 Å². The van der Waals surface area contributed by atoms with Crippen LogP contribution in [0.5, 0.6) is 0 Å². The summed E-state index contributed by atoms with van der Waals surface area (Å²) in [6.07, 6.45) is 0. The molecule has 0 atom stereocenters. The summed E-state index contributed by atoms with van der Waals surface area (Å²) in [5, 5.41) is 3.82. The number of amides is 1. The van der Waals surface area contributed by atoms with Crippen LogP contribution in [0.1, 0.15) is 20.0 Å². The molecule has 20 heavy (non-hydrogen) atoms. The molecule has 0 aliphatic rings. The van der Waals surface area contributed by atoms with Gasteiger partial charge in [0.15, 0.2) is 11.6 Å². The molecule has 1 aromatic carbocycles. The Bertz CT molecular complexity index is 659. The van der Waals surface area contributed by atoms with Crippen LogP contribution in [0.2, 0.25) is 0 Å². The van der Waals surface area contributed by atoms with E-state index in [0.29, 0.717) is 4.88 Å². The lowest BCUT2D eigenvalue weighted by molar-refractivity contribution is 0.100. The van der Waals surface area contributed by atoms with Gasteiger partial charge in [-0.05, 0) is 23.6 Å². The molecule has 2 aromatic rings. The van der Waals surface area contributed by atoms with Crippen LogP contribution in [0, 0.1) is 11.6 Å². The van der Waals surface area contributed by atoms with Gasteiger partial charge in [0, 0.05) is 0 Å². The summed E-state index contributed by atoms with van der Waals surface area (Å²) in [6.45, 7) is 0. The summed E-state index contributed by atoms with van der Waals surface area (Å²) in [4.78, 5) is 23.7. The first-order valence-electron chi connectivity index (χ1n) is 5.46. The van der Waals surface area contributed by atoms with E-state index in [1.165, 1.54) is 11.3 Å². The number of rotatable bonds is 4. The molecule has 1 N–H and O–H groups in total. The molecule has 2 rings (SSSR count). The van der Waals surface area contributed by atoms with E-state index >= 15 is 0 Å². The van der Waals surface area contributed by atoms with E-state index in [0.717, 1.165) is 12.1 Å². The van der Waals surface area contributed by atoms with Crippen molar-refractivity contribution in [2.75, 3.05) is 10.6 Å². The van der Waals surface area contributed by atoms with Gasteiger partial charge < -0.3 is 5.32 Å². The fourth-order valence-corrected chi connectivity index (χ4v) is 2.46. The maximum absolute atomic E-state index is 14.1. The predicted molar refractivity (Wildman–Crippen MR) is 76.8 cm³/mol. The van der Waals surface area contributed by atoms with Crippen LogP contribution in [0.3, 0.4) is 0 Å². The third kappa shape index (κ3) is 2.94.